The molecule has 1 aliphatic heterocycles. The van der Waals surface area contributed by atoms with Gasteiger partial charge in [-0.3, -0.25) is 4.79 Å². The van der Waals surface area contributed by atoms with Crippen molar-refractivity contribution in [2.75, 3.05) is 13.6 Å². The molecule has 12 heavy (non-hydrogen) atoms. The number of carbonyl (C=O) groups excluding carboxylic acids is 2. The number of Topliss-reactive ketones (excluding diaryl/α,β-unsaturated/α-hetero) is 1. The number of nitrogens with one attached hydrogen (secondary N) is 1. The number of nitrogens with zero attached hydrogens (tertiary/aromatic N) is 1. The summed E-state index contributed by atoms with van der Waals surface area (Å²) in [5.41, 5.74) is 0.634. The summed E-state index contributed by atoms with van der Waals surface area (Å²) in [6.45, 7) is 2.16. The van der Waals surface area contributed by atoms with E-state index in [1.165, 1.54) is 11.5 Å². The van der Waals surface area contributed by atoms with Crippen molar-refractivity contribution in [3.8, 4) is 0 Å². The van der Waals surface area contributed by atoms with E-state index in [-0.39, 0.29) is 11.8 Å². The highest BCUT2D eigenvalue weighted by molar-refractivity contribution is 6.37. The van der Waals surface area contributed by atoms with Crippen molar-refractivity contribution < 1.29 is 14.2 Å². The normalized spacial score (nSPS) is 16.5. The molecule has 2 amide bonds. The van der Waals surface area contributed by atoms with Gasteiger partial charge in [0.15, 0.2) is 5.78 Å². The Hall–Kier alpha value is -1.19. The van der Waals surface area contributed by atoms with Gasteiger partial charge in [0.2, 0.25) is 0 Å². The summed E-state index contributed by atoms with van der Waals surface area (Å²) in [5, 5.41) is 2.51. The minimum Gasteiger partial charge on any atom is -0.291 e. The van der Waals surface area contributed by atoms with Gasteiger partial charge in [-0.2, -0.15) is 9.37 Å². The van der Waals surface area contributed by atoms with Gasteiger partial charge < -0.3 is 0 Å². The Kier molecular flexibility index (Phi) is 2.58. The van der Waals surface area contributed by atoms with Gasteiger partial charge in [-0.1, -0.05) is 0 Å². The van der Waals surface area contributed by atoms with E-state index in [0.29, 0.717) is 12.3 Å². The van der Waals surface area contributed by atoms with Gasteiger partial charge in [-0.25, -0.2) is 5.32 Å². The molecule has 0 aromatic heterocycles. The lowest BCUT2D eigenvalue weighted by Crippen LogP contribution is -2.34. The van der Waals surface area contributed by atoms with Crippen molar-refractivity contribution in [1.29, 1.82) is 0 Å². The van der Waals surface area contributed by atoms with Crippen LogP contribution in [0.5, 0.6) is 0 Å². The number of amides is 2. The topological polar surface area (TPSA) is 49.2 Å². The van der Waals surface area contributed by atoms with Gasteiger partial charge in [-0.05, 0) is 6.42 Å². The predicted molar refractivity (Wildman–Crippen MR) is 44.5 cm³/mol. The van der Waals surface area contributed by atoms with Crippen LogP contribution in [0.15, 0.2) is 0 Å². The monoisotopic (exact) mass is 169 g/mol. The standard InChI is InChI=1S/C8H12N2O2/c1-6(11)7-4-3-5-10(7)8(12)9-2/h3-5H2,1-2H3/p+1. The van der Waals surface area contributed by atoms with Crippen molar-refractivity contribution >= 4 is 17.5 Å². The minimum atomic E-state index is -0.183. The lowest BCUT2D eigenvalue weighted by Gasteiger charge is -1.97. The Morgan fingerprint density at radius 2 is 2.17 bits per heavy atom. The molecule has 0 atom stereocenters. The molecular weight excluding hydrogens is 156 g/mol. The van der Waals surface area contributed by atoms with Crippen molar-refractivity contribution in [2.24, 2.45) is 0 Å². The smallest absolute Gasteiger partial charge is 0.291 e. The first-order chi connectivity index (χ1) is 5.66. The van der Waals surface area contributed by atoms with Crippen LogP contribution in [0.25, 0.3) is 0 Å². The molecule has 4 heteroatoms. The summed E-state index contributed by atoms with van der Waals surface area (Å²) in [6, 6.07) is -0.183. The van der Waals surface area contributed by atoms with Crippen molar-refractivity contribution in [1.82, 2.24) is 5.32 Å². The SMILES string of the molecule is CNC(=O)[N+]1=C(C(C)=O)CCC1. The van der Waals surface area contributed by atoms with Gasteiger partial charge in [0.05, 0.1) is 13.6 Å². The molecule has 66 valence electrons. The van der Waals surface area contributed by atoms with Crippen molar-refractivity contribution in [2.45, 2.75) is 19.8 Å². The first-order valence-corrected chi connectivity index (χ1v) is 4.03. The van der Waals surface area contributed by atoms with Gasteiger partial charge in [0.25, 0.3) is 0 Å². The molecule has 0 saturated carbocycles. The van der Waals surface area contributed by atoms with Gasteiger partial charge in [0.1, 0.15) is 5.71 Å². The minimum absolute atomic E-state index is 0.00361. The maximum absolute atomic E-state index is 11.2. The second-order valence-electron chi connectivity index (χ2n) is 2.81. The first-order valence-electron chi connectivity index (χ1n) is 4.03. The third-order valence-corrected chi connectivity index (χ3v) is 1.99. The number of hydrogen-bond donors (Lipinski definition) is 1. The summed E-state index contributed by atoms with van der Waals surface area (Å²) in [6.07, 6.45) is 1.62. The van der Waals surface area contributed by atoms with Crippen molar-refractivity contribution in [3.63, 3.8) is 0 Å². The second kappa shape index (κ2) is 3.47. The lowest BCUT2D eigenvalue weighted by atomic mass is 10.2. The number of ketones is 1. The predicted octanol–water partition coefficient (Wildman–Crippen LogP) is 0.162. The summed E-state index contributed by atoms with van der Waals surface area (Å²) >= 11 is 0. The third kappa shape index (κ3) is 1.52. The zero-order valence-electron chi connectivity index (χ0n) is 7.39. The Bertz CT molecular complexity index is 256. The molecule has 1 rings (SSSR count). The highest BCUT2D eigenvalue weighted by atomic mass is 16.2. The Morgan fingerprint density at radius 3 is 2.67 bits per heavy atom. The van der Waals surface area contributed by atoms with Crippen LogP contribution < -0.4 is 5.32 Å². The fourth-order valence-electron chi connectivity index (χ4n) is 1.40. The van der Waals surface area contributed by atoms with Crippen molar-refractivity contribution in [3.05, 3.63) is 0 Å². The lowest BCUT2D eigenvalue weighted by molar-refractivity contribution is -0.418. The molecule has 0 unspecified atom stereocenters. The molecule has 4 nitrogen and oxygen atoms in total. The van der Waals surface area contributed by atoms with E-state index in [9.17, 15) is 9.59 Å². The fraction of sp³-hybridized carbons (Fsp3) is 0.625. The van der Waals surface area contributed by atoms with E-state index in [1.54, 1.807) is 7.05 Å². The van der Waals surface area contributed by atoms with E-state index in [2.05, 4.69) is 5.32 Å². The first kappa shape index (κ1) is 8.90. The zero-order valence-corrected chi connectivity index (χ0v) is 7.39. The average Bonchev–Trinajstić information content (AvgIpc) is 2.50. The molecule has 0 aromatic carbocycles. The second-order valence-corrected chi connectivity index (χ2v) is 2.81. The fourth-order valence-corrected chi connectivity index (χ4v) is 1.40. The van der Waals surface area contributed by atoms with Gasteiger partial charge in [-0.15, -0.1) is 0 Å². The molecule has 0 radical (unpaired) electrons. The maximum Gasteiger partial charge on any atom is 0.491 e. The Labute approximate surface area is 71.3 Å². The highest BCUT2D eigenvalue weighted by Gasteiger charge is 2.27. The summed E-state index contributed by atoms with van der Waals surface area (Å²) in [7, 11) is 1.57. The largest absolute Gasteiger partial charge is 0.491 e. The maximum atomic E-state index is 11.2. The average molecular weight is 169 g/mol. The van der Waals surface area contributed by atoms with Crippen LogP contribution in [0.1, 0.15) is 19.8 Å². The Morgan fingerprint density at radius 1 is 1.50 bits per heavy atom. The van der Waals surface area contributed by atoms with Crippen LogP contribution in [0.3, 0.4) is 0 Å². The van der Waals surface area contributed by atoms with Crippen LogP contribution in [0.2, 0.25) is 0 Å². The van der Waals surface area contributed by atoms with Crippen LogP contribution in [-0.4, -0.2) is 35.7 Å². The zero-order chi connectivity index (χ0) is 9.14. The van der Waals surface area contributed by atoms with Gasteiger partial charge >= 0.3 is 6.03 Å². The third-order valence-electron chi connectivity index (χ3n) is 1.99. The number of hydrogen-bond acceptors (Lipinski definition) is 2. The van der Waals surface area contributed by atoms with Crippen LogP contribution in [-0.2, 0) is 4.79 Å². The Balaban J connectivity index is 2.91. The molecule has 0 aliphatic carbocycles. The summed E-state index contributed by atoms with van der Waals surface area (Å²) in [4.78, 5) is 22.2. The van der Waals surface area contributed by atoms with E-state index < -0.39 is 0 Å². The number of urea groups is 1. The van der Waals surface area contributed by atoms with Crippen LogP contribution >= 0.6 is 0 Å². The van der Waals surface area contributed by atoms with E-state index in [4.69, 9.17) is 0 Å². The molecule has 0 saturated heterocycles. The molecule has 1 aliphatic rings. The highest BCUT2D eigenvalue weighted by Crippen LogP contribution is 2.05. The number of rotatable bonds is 1. The quantitative estimate of drug-likeness (QED) is 0.568. The molecule has 0 fully saturated rings. The molecule has 0 spiro atoms. The molecule has 1 N–H and O–H groups in total. The molecule has 1 heterocycles. The number of carbonyl (C=O) groups is 2. The van der Waals surface area contributed by atoms with E-state index in [0.717, 1.165) is 12.8 Å². The summed E-state index contributed by atoms with van der Waals surface area (Å²) in [5.74, 6) is -0.00361. The molecule has 0 bridgehead atoms. The summed E-state index contributed by atoms with van der Waals surface area (Å²) < 4.78 is 1.52. The molecular formula is C8H13N2O2+. The van der Waals surface area contributed by atoms with E-state index in [1.807, 2.05) is 0 Å². The van der Waals surface area contributed by atoms with E-state index >= 15 is 0 Å². The van der Waals surface area contributed by atoms with Gasteiger partial charge in [0, 0.05) is 13.3 Å². The molecule has 0 aromatic rings. The van der Waals surface area contributed by atoms with Crippen LogP contribution in [0.4, 0.5) is 4.79 Å². The van der Waals surface area contributed by atoms with Crippen LogP contribution in [0, 0.1) is 0 Å².